The summed E-state index contributed by atoms with van der Waals surface area (Å²) >= 11 is 0. The van der Waals surface area contributed by atoms with Crippen LogP contribution in [0.3, 0.4) is 0 Å². The second-order valence-corrected chi connectivity index (χ2v) is 4.91. The van der Waals surface area contributed by atoms with E-state index in [4.69, 9.17) is 0 Å². The minimum absolute atomic E-state index is 0.0369. The highest BCUT2D eigenvalue weighted by molar-refractivity contribution is 5.80. The van der Waals surface area contributed by atoms with Crippen LogP contribution >= 0.6 is 0 Å². The van der Waals surface area contributed by atoms with E-state index in [1.807, 2.05) is 44.2 Å². The van der Waals surface area contributed by atoms with Crippen molar-refractivity contribution in [2.75, 3.05) is 0 Å². The summed E-state index contributed by atoms with van der Waals surface area (Å²) in [6, 6.07) is 9.67. The average Bonchev–Trinajstić information content (AvgIpc) is 2.72. The molecule has 0 saturated heterocycles. The number of hydrogen-bond donors (Lipinski definition) is 0. The number of aromatic nitrogens is 2. The Labute approximate surface area is 112 Å². The summed E-state index contributed by atoms with van der Waals surface area (Å²) in [6.45, 7) is 4.02. The maximum atomic E-state index is 12.0. The number of rotatable bonds is 5. The maximum Gasteiger partial charge on any atom is 0.328 e. The topological polar surface area (TPSA) is 44.0 Å². The van der Waals surface area contributed by atoms with Crippen molar-refractivity contribution in [2.24, 2.45) is 0 Å². The van der Waals surface area contributed by atoms with Crippen LogP contribution in [0.25, 0.3) is 0 Å². The molecule has 0 radical (unpaired) electrons. The normalized spacial score (nSPS) is 10.9. The van der Waals surface area contributed by atoms with Crippen molar-refractivity contribution in [3.05, 3.63) is 58.8 Å². The van der Waals surface area contributed by atoms with E-state index in [0.717, 1.165) is 5.56 Å². The van der Waals surface area contributed by atoms with Crippen molar-refractivity contribution in [3.8, 4) is 0 Å². The summed E-state index contributed by atoms with van der Waals surface area (Å²) < 4.78 is 3.08. The van der Waals surface area contributed by atoms with Crippen molar-refractivity contribution >= 4 is 5.78 Å². The van der Waals surface area contributed by atoms with Gasteiger partial charge in [-0.2, -0.15) is 0 Å². The molecule has 100 valence electrons. The molecule has 1 heterocycles. The first kappa shape index (κ1) is 13.3. The Morgan fingerprint density at radius 2 is 1.84 bits per heavy atom. The molecule has 0 bridgehead atoms. The van der Waals surface area contributed by atoms with Gasteiger partial charge in [0, 0.05) is 24.9 Å². The lowest BCUT2D eigenvalue weighted by Gasteiger charge is -2.05. The molecule has 0 aliphatic rings. The molecular weight excluding hydrogens is 240 g/mol. The summed E-state index contributed by atoms with van der Waals surface area (Å²) in [5, 5.41) is 0. The highest BCUT2D eigenvalue weighted by Gasteiger charge is 2.10. The van der Waals surface area contributed by atoms with Gasteiger partial charge >= 0.3 is 5.69 Å². The Hall–Kier alpha value is -2.10. The number of benzene rings is 1. The van der Waals surface area contributed by atoms with Crippen molar-refractivity contribution in [2.45, 2.75) is 32.9 Å². The highest BCUT2D eigenvalue weighted by atomic mass is 16.2. The van der Waals surface area contributed by atoms with Crippen LogP contribution in [0.1, 0.15) is 25.5 Å². The smallest absolute Gasteiger partial charge is 0.297 e. The molecule has 2 aromatic rings. The van der Waals surface area contributed by atoms with Crippen molar-refractivity contribution in [1.29, 1.82) is 0 Å². The zero-order chi connectivity index (χ0) is 13.8. The van der Waals surface area contributed by atoms with Gasteiger partial charge < -0.3 is 0 Å². The summed E-state index contributed by atoms with van der Waals surface area (Å²) in [7, 11) is 0. The molecule has 2 rings (SSSR count). The van der Waals surface area contributed by atoms with Crippen molar-refractivity contribution in [3.63, 3.8) is 0 Å². The van der Waals surface area contributed by atoms with Crippen LogP contribution in [0.2, 0.25) is 0 Å². The van der Waals surface area contributed by atoms with Gasteiger partial charge in [0.25, 0.3) is 0 Å². The van der Waals surface area contributed by atoms with Gasteiger partial charge in [-0.15, -0.1) is 0 Å². The fourth-order valence-electron chi connectivity index (χ4n) is 2.01. The fraction of sp³-hybridized carbons (Fsp3) is 0.333. The van der Waals surface area contributed by atoms with Crippen LogP contribution in [-0.2, 0) is 17.8 Å². The van der Waals surface area contributed by atoms with Crippen LogP contribution in [0.15, 0.2) is 47.5 Å². The standard InChI is InChI=1S/C15H18N2O2/c1-12(2)17-9-8-16(15(17)19)11-14(18)10-13-6-4-3-5-7-13/h3-9,12H,10-11H2,1-2H3. The van der Waals surface area contributed by atoms with E-state index in [2.05, 4.69) is 0 Å². The molecule has 4 nitrogen and oxygen atoms in total. The Morgan fingerprint density at radius 1 is 1.16 bits per heavy atom. The molecule has 0 atom stereocenters. The molecule has 0 amide bonds. The Bertz CT molecular complexity index is 609. The van der Waals surface area contributed by atoms with Crippen LogP contribution < -0.4 is 5.69 Å². The molecule has 0 N–H and O–H groups in total. The Morgan fingerprint density at radius 3 is 2.42 bits per heavy atom. The van der Waals surface area contributed by atoms with Crippen LogP contribution in [0, 0.1) is 0 Å². The molecule has 0 saturated carbocycles. The Kier molecular flexibility index (Phi) is 4.00. The summed E-state index contributed by atoms with van der Waals surface area (Å²) in [6.07, 6.45) is 3.76. The van der Waals surface area contributed by atoms with Gasteiger partial charge in [0.05, 0.1) is 6.54 Å². The lowest BCUT2D eigenvalue weighted by molar-refractivity contribution is -0.119. The quantitative estimate of drug-likeness (QED) is 0.823. The van der Waals surface area contributed by atoms with E-state index in [9.17, 15) is 9.59 Å². The molecule has 19 heavy (non-hydrogen) atoms. The molecule has 0 aliphatic heterocycles. The van der Waals surface area contributed by atoms with Crippen LogP contribution in [0.4, 0.5) is 0 Å². The molecule has 0 unspecified atom stereocenters. The second-order valence-electron chi connectivity index (χ2n) is 4.91. The third-order valence-electron chi connectivity index (χ3n) is 3.02. The van der Waals surface area contributed by atoms with Gasteiger partial charge in [-0.05, 0) is 19.4 Å². The van der Waals surface area contributed by atoms with E-state index in [-0.39, 0.29) is 24.1 Å². The minimum atomic E-state index is -0.128. The third kappa shape index (κ3) is 3.22. The predicted octanol–water partition coefficient (Wildman–Crippen LogP) is 2.04. The number of ketones is 1. The van der Waals surface area contributed by atoms with Crippen LogP contribution in [-0.4, -0.2) is 14.9 Å². The lowest BCUT2D eigenvalue weighted by atomic mass is 10.1. The summed E-state index contributed by atoms with van der Waals surface area (Å²) in [5.74, 6) is 0.0369. The van der Waals surface area contributed by atoms with Gasteiger partial charge in [-0.1, -0.05) is 30.3 Å². The van der Waals surface area contributed by atoms with Crippen molar-refractivity contribution in [1.82, 2.24) is 9.13 Å². The highest BCUT2D eigenvalue weighted by Crippen LogP contribution is 2.02. The number of carbonyl (C=O) groups is 1. The second kappa shape index (κ2) is 5.69. The fourth-order valence-corrected chi connectivity index (χ4v) is 2.01. The number of imidazole rings is 1. The van der Waals surface area contributed by atoms with E-state index in [0.29, 0.717) is 6.42 Å². The van der Waals surface area contributed by atoms with Gasteiger partial charge in [0.2, 0.25) is 0 Å². The van der Waals surface area contributed by atoms with E-state index in [1.165, 1.54) is 4.57 Å². The molecule has 0 spiro atoms. The van der Waals surface area contributed by atoms with Gasteiger partial charge in [-0.25, -0.2) is 4.79 Å². The summed E-state index contributed by atoms with van der Waals surface area (Å²) in [4.78, 5) is 23.9. The third-order valence-corrected chi connectivity index (χ3v) is 3.02. The minimum Gasteiger partial charge on any atom is -0.297 e. The first-order valence-electron chi connectivity index (χ1n) is 6.41. The van der Waals surface area contributed by atoms with Crippen LogP contribution in [0.5, 0.6) is 0 Å². The molecule has 4 heteroatoms. The van der Waals surface area contributed by atoms with Crippen molar-refractivity contribution < 1.29 is 4.79 Å². The molecule has 1 aromatic carbocycles. The van der Waals surface area contributed by atoms with Gasteiger partial charge in [0.1, 0.15) is 0 Å². The van der Waals surface area contributed by atoms with E-state index < -0.39 is 0 Å². The number of hydrogen-bond acceptors (Lipinski definition) is 2. The van der Waals surface area contributed by atoms with Gasteiger partial charge in [-0.3, -0.25) is 13.9 Å². The molecule has 1 aromatic heterocycles. The zero-order valence-electron chi connectivity index (χ0n) is 11.2. The largest absolute Gasteiger partial charge is 0.328 e. The molecule has 0 fully saturated rings. The molecule has 0 aliphatic carbocycles. The molecular formula is C15H18N2O2. The summed E-state index contributed by atoms with van der Waals surface area (Å²) in [5.41, 5.74) is 0.847. The predicted molar refractivity (Wildman–Crippen MR) is 74.2 cm³/mol. The first-order chi connectivity index (χ1) is 9.08. The first-order valence-corrected chi connectivity index (χ1v) is 6.41. The number of Topliss-reactive ketones (excluding diaryl/α,β-unsaturated/α-hetero) is 1. The SMILES string of the molecule is CC(C)n1ccn(CC(=O)Cc2ccccc2)c1=O. The van der Waals surface area contributed by atoms with E-state index >= 15 is 0 Å². The van der Waals surface area contributed by atoms with Gasteiger partial charge in [0.15, 0.2) is 5.78 Å². The van der Waals surface area contributed by atoms with E-state index in [1.54, 1.807) is 17.0 Å². The zero-order valence-corrected chi connectivity index (χ0v) is 11.2. The maximum absolute atomic E-state index is 12.0. The monoisotopic (exact) mass is 258 g/mol. The number of carbonyl (C=O) groups excluding carboxylic acids is 1. The lowest BCUT2D eigenvalue weighted by Crippen LogP contribution is -2.28. The number of nitrogens with zero attached hydrogens (tertiary/aromatic N) is 2. The Balaban J connectivity index is 2.06. The average molecular weight is 258 g/mol.